The van der Waals surface area contributed by atoms with Gasteiger partial charge in [-0.05, 0) is 56.2 Å². The van der Waals surface area contributed by atoms with E-state index < -0.39 is 17.4 Å². The van der Waals surface area contributed by atoms with Crippen LogP contribution in [0.25, 0.3) is 16.5 Å². The van der Waals surface area contributed by atoms with Crippen molar-refractivity contribution in [2.45, 2.75) is 20.8 Å². The second-order valence-corrected chi connectivity index (χ2v) is 8.81. The summed E-state index contributed by atoms with van der Waals surface area (Å²) in [7, 11) is 2.97. The van der Waals surface area contributed by atoms with E-state index in [1.807, 2.05) is 26.0 Å². The number of hydrogen-bond acceptors (Lipinski definition) is 8. The molecule has 1 N–H and O–H groups in total. The molecule has 186 valence electrons. The topological polar surface area (TPSA) is 109 Å². The van der Waals surface area contributed by atoms with Gasteiger partial charge in [-0.15, -0.1) is 11.3 Å². The van der Waals surface area contributed by atoms with Crippen LogP contribution < -0.4 is 20.3 Å². The zero-order chi connectivity index (χ0) is 26.0. The number of benzene rings is 2. The minimum Gasteiger partial charge on any atom is -0.497 e. The van der Waals surface area contributed by atoms with E-state index in [9.17, 15) is 14.4 Å². The predicted octanol–water partition coefficient (Wildman–Crippen LogP) is 4.51. The molecule has 4 aromatic rings. The molecule has 0 saturated heterocycles. The van der Waals surface area contributed by atoms with Crippen LogP contribution in [-0.2, 0) is 4.74 Å². The molecule has 0 unspecified atom stereocenters. The number of ether oxygens (including phenoxy) is 3. The third-order valence-electron chi connectivity index (χ3n) is 5.74. The first-order chi connectivity index (χ1) is 17.3. The van der Waals surface area contributed by atoms with Crippen LogP contribution in [0.2, 0.25) is 0 Å². The van der Waals surface area contributed by atoms with Crippen molar-refractivity contribution in [2.75, 3.05) is 26.1 Å². The average molecular weight is 508 g/mol. The van der Waals surface area contributed by atoms with Gasteiger partial charge in [-0.2, -0.15) is 9.78 Å². The van der Waals surface area contributed by atoms with E-state index in [1.165, 1.54) is 14.2 Å². The number of aromatic nitrogens is 2. The molecule has 2 aromatic carbocycles. The number of hydrogen-bond donors (Lipinski definition) is 1. The number of thiophene rings is 1. The first kappa shape index (κ1) is 24.9. The lowest BCUT2D eigenvalue weighted by molar-refractivity contribution is 0.0520. The van der Waals surface area contributed by atoms with Gasteiger partial charge in [-0.25, -0.2) is 4.79 Å². The van der Waals surface area contributed by atoms with E-state index in [1.54, 1.807) is 36.6 Å². The number of aryl methyl sites for hydroxylation is 2. The van der Waals surface area contributed by atoms with Crippen LogP contribution in [0, 0.1) is 13.8 Å². The molecular weight excluding hydrogens is 482 g/mol. The van der Waals surface area contributed by atoms with Crippen molar-refractivity contribution in [1.29, 1.82) is 0 Å². The minimum absolute atomic E-state index is 0.0107. The molecule has 0 saturated carbocycles. The van der Waals surface area contributed by atoms with E-state index in [0.29, 0.717) is 22.6 Å². The maximum atomic E-state index is 13.6. The summed E-state index contributed by atoms with van der Waals surface area (Å²) in [5, 5.41) is 9.51. The van der Waals surface area contributed by atoms with Crippen LogP contribution in [0.3, 0.4) is 0 Å². The van der Waals surface area contributed by atoms with Crippen LogP contribution in [0.15, 0.2) is 46.6 Å². The fraction of sp³-hybridized carbons (Fsp3) is 0.231. The molecule has 4 rings (SSSR count). The zero-order valence-corrected chi connectivity index (χ0v) is 21.3. The fourth-order valence-electron chi connectivity index (χ4n) is 3.68. The highest BCUT2D eigenvalue weighted by Gasteiger charge is 2.24. The minimum atomic E-state index is -0.660. The molecule has 2 aromatic heterocycles. The second-order valence-electron chi connectivity index (χ2n) is 7.93. The van der Waals surface area contributed by atoms with E-state index in [0.717, 1.165) is 27.1 Å². The van der Waals surface area contributed by atoms with E-state index in [2.05, 4.69) is 10.4 Å². The molecule has 0 bridgehead atoms. The van der Waals surface area contributed by atoms with Crippen molar-refractivity contribution in [3.63, 3.8) is 0 Å². The first-order valence-electron chi connectivity index (χ1n) is 11.1. The predicted molar refractivity (Wildman–Crippen MR) is 138 cm³/mol. The molecule has 36 heavy (non-hydrogen) atoms. The molecule has 0 aliphatic rings. The van der Waals surface area contributed by atoms with Gasteiger partial charge in [0.1, 0.15) is 16.5 Å². The standard InChI is InChI=1S/C26H25N3O6S/c1-6-35-26(32)22-19-13-36-24(27-23(30)18-10-9-17(33-4)12-20(18)34-5)21(19)25(31)29(28-22)16-8-7-14(2)15(3)11-16/h7-13H,6H2,1-5H3,(H,27,30). The molecule has 0 fully saturated rings. The van der Waals surface area contributed by atoms with E-state index in [4.69, 9.17) is 14.2 Å². The molecule has 2 heterocycles. The molecule has 0 atom stereocenters. The summed E-state index contributed by atoms with van der Waals surface area (Å²) >= 11 is 1.12. The maximum absolute atomic E-state index is 13.6. The van der Waals surface area contributed by atoms with Crippen LogP contribution in [-0.4, -0.2) is 42.5 Å². The average Bonchev–Trinajstić information content (AvgIpc) is 3.29. The molecular formula is C26H25N3O6S. The Labute approximate surface area is 211 Å². The monoisotopic (exact) mass is 507 g/mol. The van der Waals surface area contributed by atoms with Crippen molar-refractivity contribution in [2.24, 2.45) is 0 Å². The summed E-state index contributed by atoms with van der Waals surface area (Å²) in [6.07, 6.45) is 0. The molecule has 0 radical (unpaired) electrons. The Bertz CT molecular complexity index is 1540. The lowest BCUT2D eigenvalue weighted by Gasteiger charge is -2.12. The van der Waals surface area contributed by atoms with Crippen molar-refractivity contribution in [3.8, 4) is 17.2 Å². The van der Waals surface area contributed by atoms with E-state index >= 15 is 0 Å². The van der Waals surface area contributed by atoms with Crippen LogP contribution in [0.4, 0.5) is 5.00 Å². The molecule has 1 amide bonds. The summed E-state index contributed by atoms with van der Waals surface area (Å²) in [5.74, 6) is -0.294. The van der Waals surface area contributed by atoms with Gasteiger partial charge in [0, 0.05) is 16.8 Å². The van der Waals surface area contributed by atoms with Gasteiger partial charge >= 0.3 is 5.97 Å². The van der Waals surface area contributed by atoms with Gasteiger partial charge in [0.05, 0.1) is 37.5 Å². The smallest absolute Gasteiger partial charge is 0.359 e. The summed E-state index contributed by atoms with van der Waals surface area (Å²) in [6.45, 7) is 5.72. The third-order valence-corrected chi connectivity index (χ3v) is 6.63. The number of nitrogens with zero attached hydrogens (tertiary/aromatic N) is 2. The Balaban J connectivity index is 1.87. The number of rotatable bonds is 7. The van der Waals surface area contributed by atoms with Gasteiger partial charge < -0.3 is 19.5 Å². The SMILES string of the molecule is CCOC(=O)c1nn(-c2ccc(C)c(C)c2)c(=O)c2c(NC(=O)c3ccc(OC)cc3OC)scc12. The Kier molecular flexibility index (Phi) is 7.07. The number of carbonyl (C=O) groups is 2. The maximum Gasteiger partial charge on any atom is 0.359 e. The van der Waals surface area contributed by atoms with Gasteiger partial charge in [0.2, 0.25) is 0 Å². The normalized spacial score (nSPS) is 10.8. The molecule has 10 heteroatoms. The van der Waals surface area contributed by atoms with Gasteiger partial charge in [-0.1, -0.05) is 6.07 Å². The van der Waals surface area contributed by atoms with Gasteiger partial charge in [0.15, 0.2) is 5.69 Å². The second kappa shape index (κ2) is 10.2. The quantitative estimate of drug-likeness (QED) is 0.367. The molecule has 0 spiro atoms. The number of carbonyl (C=O) groups excluding carboxylic acids is 2. The Morgan fingerprint density at radius 2 is 1.83 bits per heavy atom. The number of fused-ring (bicyclic) bond motifs is 1. The van der Waals surface area contributed by atoms with Crippen LogP contribution in [0.5, 0.6) is 11.5 Å². The summed E-state index contributed by atoms with van der Waals surface area (Å²) < 4.78 is 16.9. The lowest BCUT2D eigenvalue weighted by atomic mass is 10.1. The fourth-order valence-corrected chi connectivity index (χ4v) is 4.61. The molecule has 0 aliphatic heterocycles. The summed E-state index contributed by atoms with van der Waals surface area (Å²) in [6, 6.07) is 10.2. The largest absolute Gasteiger partial charge is 0.497 e. The zero-order valence-electron chi connectivity index (χ0n) is 20.5. The van der Waals surface area contributed by atoms with Crippen molar-refractivity contribution >= 4 is 39.0 Å². The highest BCUT2D eigenvalue weighted by Crippen LogP contribution is 2.32. The highest BCUT2D eigenvalue weighted by molar-refractivity contribution is 7.16. The number of amides is 1. The Morgan fingerprint density at radius 3 is 2.50 bits per heavy atom. The Morgan fingerprint density at radius 1 is 1.06 bits per heavy atom. The van der Waals surface area contributed by atoms with E-state index in [-0.39, 0.29) is 28.3 Å². The number of methoxy groups -OCH3 is 2. The Hall–Kier alpha value is -4.18. The lowest BCUT2D eigenvalue weighted by Crippen LogP contribution is -2.25. The third kappa shape index (κ3) is 4.55. The number of nitrogens with one attached hydrogen (secondary N) is 1. The van der Waals surface area contributed by atoms with Gasteiger partial charge in [0.25, 0.3) is 11.5 Å². The van der Waals surface area contributed by atoms with Crippen LogP contribution >= 0.6 is 11.3 Å². The first-order valence-corrected chi connectivity index (χ1v) is 12.0. The van der Waals surface area contributed by atoms with Crippen molar-refractivity contribution in [3.05, 3.63) is 74.5 Å². The summed E-state index contributed by atoms with van der Waals surface area (Å²) in [5.41, 5.74) is 2.28. The van der Waals surface area contributed by atoms with Gasteiger partial charge in [-0.3, -0.25) is 9.59 Å². The molecule has 0 aliphatic carbocycles. The molecule has 9 nitrogen and oxygen atoms in total. The summed E-state index contributed by atoms with van der Waals surface area (Å²) in [4.78, 5) is 39.6. The van der Waals surface area contributed by atoms with Crippen molar-refractivity contribution < 1.29 is 23.8 Å². The highest BCUT2D eigenvalue weighted by atomic mass is 32.1. The van der Waals surface area contributed by atoms with Crippen molar-refractivity contribution in [1.82, 2.24) is 9.78 Å². The number of anilines is 1. The number of esters is 1. The van der Waals surface area contributed by atoms with Crippen LogP contribution in [0.1, 0.15) is 38.9 Å².